The lowest BCUT2D eigenvalue weighted by atomic mass is 10.2. The van der Waals surface area contributed by atoms with Gasteiger partial charge in [0.25, 0.3) is 11.6 Å². The van der Waals surface area contributed by atoms with Gasteiger partial charge in [0.05, 0.1) is 15.9 Å². The Hall–Kier alpha value is -3.07. The fourth-order valence-corrected chi connectivity index (χ4v) is 2.72. The number of nitrogens with zero attached hydrogens (tertiary/aromatic N) is 3. The van der Waals surface area contributed by atoms with Gasteiger partial charge in [0.1, 0.15) is 5.82 Å². The number of halogens is 2. The van der Waals surface area contributed by atoms with Crippen LogP contribution in [0.25, 0.3) is 0 Å². The van der Waals surface area contributed by atoms with Crippen LogP contribution < -0.4 is 5.32 Å². The standard InChI is InChI=1S/C17H12BrFN4O3/c18-14-10-22(9-12-4-1-2-7-15(12)19)21-16(14)20-17(24)11-5-3-6-13(8-11)23(25)26/h1-8,10H,9H2,(H,20,21,24). The first kappa shape index (κ1) is 17.7. The van der Waals surface area contributed by atoms with Crippen molar-refractivity contribution in [2.45, 2.75) is 6.54 Å². The molecule has 0 saturated heterocycles. The smallest absolute Gasteiger partial charge is 0.270 e. The highest BCUT2D eigenvalue weighted by Crippen LogP contribution is 2.22. The monoisotopic (exact) mass is 418 g/mol. The Morgan fingerprint density at radius 2 is 2.04 bits per heavy atom. The summed E-state index contributed by atoms with van der Waals surface area (Å²) in [4.78, 5) is 22.5. The molecule has 1 N–H and O–H groups in total. The number of nitro benzene ring substituents is 1. The van der Waals surface area contributed by atoms with E-state index in [4.69, 9.17) is 0 Å². The number of amides is 1. The molecule has 132 valence electrons. The number of benzene rings is 2. The van der Waals surface area contributed by atoms with E-state index in [1.54, 1.807) is 24.4 Å². The highest BCUT2D eigenvalue weighted by Gasteiger charge is 2.15. The van der Waals surface area contributed by atoms with E-state index in [9.17, 15) is 19.3 Å². The molecule has 0 unspecified atom stereocenters. The van der Waals surface area contributed by atoms with Crippen molar-refractivity contribution < 1.29 is 14.1 Å². The van der Waals surface area contributed by atoms with Crippen molar-refractivity contribution in [3.05, 3.63) is 86.3 Å². The minimum atomic E-state index is -0.574. The Morgan fingerprint density at radius 3 is 2.77 bits per heavy atom. The number of aromatic nitrogens is 2. The fourth-order valence-electron chi connectivity index (χ4n) is 2.30. The summed E-state index contributed by atoms with van der Waals surface area (Å²) in [5.41, 5.74) is 0.413. The zero-order valence-corrected chi connectivity index (χ0v) is 14.8. The number of nitrogens with one attached hydrogen (secondary N) is 1. The lowest BCUT2D eigenvalue weighted by Crippen LogP contribution is -2.13. The van der Waals surface area contributed by atoms with Crippen LogP contribution in [0.3, 0.4) is 0 Å². The van der Waals surface area contributed by atoms with Crippen molar-refractivity contribution >= 4 is 33.3 Å². The first-order valence-corrected chi connectivity index (χ1v) is 8.25. The lowest BCUT2D eigenvalue weighted by molar-refractivity contribution is -0.384. The first-order valence-electron chi connectivity index (χ1n) is 7.46. The molecule has 1 aromatic heterocycles. The highest BCUT2D eigenvalue weighted by atomic mass is 79.9. The Morgan fingerprint density at radius 1 is 1.27 bits per heavy atom. The van der Waals surface area contributed by atoms with Crippen LogP contribution in [0.5, 0.6) is 0 Å². The Balaban J connectivity index is 1.77. The molecule has 0 fully saturated rings. The molecule has 0 saturated carbocycles. The maximum Gasteiger partial charge on any atom is 0.270 e. The Labute approximate surface area is 155 Å². The van der Waals surface area contributed by atoms with Crippen LogP contribution >= 0.6 is 15.9 Å². The predicted molar refractivity (Wildman–Crippen MR) is 96.5 cm³/mol. The van der Waals surface area contributed by atoms with E-state index in [0.717, 1.165) is 0 Å². The molecule has 1 heterocycles. The van der Waals surface area contributed by atoms with Gasteiger partial charge in [-0.2, -0.15) is 5.10 Å². The molecular formula is C17H12BrFN4O3. The molecule has 7 nitrogen and oxygen atoms in total. The minimum absolute atomic E-state index is 0.134. The molecule has 9 heteroatoms. The van der Waals surface area contributed by atoms with E-state index in [1.807, 2.05) is 0 Å². The number of non-ortho nitro benzene ring substituents is 1. The van der Waals surface area contributed by atoms with Gasteiger partial charge in [0.2, 0.25) is 0 Å². The number of hydrogen-bond donors (Lipinski definition) is 1. The molecule has 3 aromatic rings. The van der Waals surface area contributed by atoms with E-state index in [-0.39, 0.29) is 29.4 Å². The van der Waals surface area contributed by atoms with Crippen LogP contribution in [0.15, 0.2) is 59.2 Å². The first-order chi connectivity index (χ1) is 12.4. The van der Waals surface area contributed by atoms with E-state index >= 15 is 0 Å². The minimum Gasteiger partial charge on any atom is -0.304 e. The molecule has 0 atom stereocenters. The number of rotatable bonds is 5. The maximum absolute atomic E-state index is 13.7. The Bertz CT molecular complexity index is 990. The average molecular weight is 419 g/mol. The second-order valence-electron chi connectivity index (χ2n) is 5.38. The normalized spacial score (nSPS) is 10.5. The largest absolute Gasteiger partial charge is 0.304 e. The number of carbonyl (C=O) groups excluding carboxylic acids is 1. The Kier molecular flexibility index (Phi) is 5.08. The third kappa shape index (κ3) is 3.94. The predicted octanol–water partition coefficient (Wildman–Crippen LogP) is 3.99. The molecule has 0 bridgehead atoms. The van der Waals surface area contributed by atoms with Gasteiger partial charge in [-0.1, -0.05) is 24.3 Å². The van der Waals surface area contributed by atoms with Gasteiger partial charge in [0.15, 0.2) is 5.82 Å². The summed E-state index contributed by atoms with van der Waals surface area (Å²) in [7, 11) is 0. The van der Waals surface area contributed by atoms with Crippen LogP contribution in [0.4, 0.5) is 15.9 Å². The zero-order valence-electron chi connectivity index (χ0n) is 13.2. The maximum atomic E-state index is 13.7. The van der Waals surface area contributed by atoms with Gasteiger partial charge < -0.3 is 5.32 Å². The number of nitro groups is 1. The van der Waals surface area contributed by atoms with Crippen LogP contribution in [-0.2, 0) is 6.54 Å². The quantitative estimate of drug-likeness (QED) is 0.500. The summed E-state index contributed by atoms with van der Waals surface area (Å²) < 4.78 is 15.7. The summed E-state index contributed by atoms with van der Waals surface area (Å²) in [6.45, 7) is 0.192. The number of anilines is 1. The molecule has 0 aliphatic rings. The second-order valence-corrected chi connectivity index (χ2v) is 6.23. The number of carbonyl (C=O) groups is 1. The third-order valence-electron chi connectivity index (χ3n) is 3.56. The van der Waals surface area contributed by atoms with E-state index < -0.39 is 10.8 Å². The average Bonchev–Trinajstić information content (AvgIpc) is 2.96. The molecule has 0 spiro atoms. The summed E-state index contributed by atoms with van der Waals surface area (Å²) in [5, 5.41) is 17.6. The summed E-state index contributed by atoms with van der Waals surface area (Å²) in [6, 6.07) is 11.7. The number of hydrogen-bond acceptors (Lipinski definition) is 4. The molecule has 1 amide bonds. The van der Waals surface area contributed by atoms with E-state index in [2.05, 4.69) is 26.3 Å². The molecular weight excluding hydrogens is 407 g/mol. The molecule has 26 heavy (non-hydrogen) atoms. The summed E-state index contributed by atoms with van der Waals surface area (Å²) in [5.74, 6) is -0.648. The van der Waals surface area contributed by atoms with Gasteiger partial charge in [-0.25, -0.2) is 4.39 Å². The topological polar surface area (TPSA) is 90.1 Å². The molecule has 2 aromatic carbocycles. The van der Waals surface area contributed by atoms with Crippen molar-refractivity contribution in [1.29, 1.82) is 0 Å². The van der Waals surface area contributed by atoms with Crippen LogP contribution in [-0.4, -0.2) is 20.6 Å². The summed E-state index contributed by atoms with van der Waals surface area (Å²) in [6.07, 6.45) is 1.61. The van der Waals surface area contributed by atoms with E-state index in [0.29, 0.717) is 10.0 Å². The van der Waals surface area contributed by atoms with E-state index in [1.165, 1.54) is 35.0 Å². The van der Waals surface area contributed by atoms with Crippen LogP contribution in [0.1, 0.15) is 15.9 Å². The molecule has 0 radical (unpaired) electrons. The van der Waals surface area contributed by atoms with Gasteiger partial charge in [-0.15, -0.1) is 0 Å². The third-order valence-corrected chi connectivity index (χ3v) is 4.14. The van der Waals surface area contributed by atoms with Crippen molar-refractivity contribution in [2.24, 2.45) is 0 Å². The van der Waals surface area contributed by atoms with Crippen molar-refractivity contribution in [1.82, 2.24) is 9.78 Å². The van der Waals surface area contributed by atoms with Crippen molar-refractivity contribution in [3.63, 3.8) is 0 Å². The van der Waals surface area contributed by atoms with Crippen LogP contribution in [0.2, 0.25) is 0 Å². The van der Waals surface area contributed by atoms with Crippen LogP contribution in [0, 0.1) is 15.9 Å². The molecule has 3 rings (SSSR count). The summed E-state index contributed by atoms with van der Waals surface area (Å²) >= 11 is 3.29. The SMILES string of the molecule is O=C(Nc1nn(Cc2ccccc2F)cc1Br)c1cccc([N+](=O)[O-])c1. The van der Waals surface area contributed by atoms with Crippen molar-refractivity contribution in [3.8, 4) is 0 Å². The highest BCUT2D eigenvalue weighted by molar-refractivity contribution is 9.10. The second kappa shape index (κ2) is 7.44. The fraction of sp³-hybridized carbons (Fsp3) is 0.0588. The van der Waals surface area contributed by atoms with Gasteiger partial charge in [0, 0.05) is 29.5 Å². The molecule has 0 aliphatic heterocycles. The van der Waals surface area contributed by atoms with Gasteiger partial charge >= 0.3 is 0 Å². The van der Waals surface area contributed by atoms with Gasteiger partial charge in [-0.3, -0.25) is 19.6 Å². The lowest BCUT2D eigenvalue weighted by Gasteiger charge is -2.04. The van der Waals surface area contributed by atoms with Crippen molar-refractivity contribution in [2.75, 3.05) is 5.32 Å². The van der Waals surface area contributed by atoms with Gasteiger partial charge in [-0.05, 0) is 28.1 Å². The molecule has 0 aliphatic carbocycles. The zero-order chi connectivity index (χ0) is 18.7.